The summed E-state index contributed by atoms with van der Waals surface area (Å²) in [6.45, 7) is 11.3. The molecular weight excluding hydrogens is 314 g/mol. The molecule has 25 heavy (non-hydrogen) atoms. The average molecular weight is 348 g/mol. The van der Waals surface area contributed by atoms with Crippen molar-refractivity contribution < 1.29 is 4.74 Å². The molecule has 0 amide bonds. The molecule has 1 heterocycles. The first-order valence-corrected chi connectivity index (χ1v) is 9.32. The van der Waals surface area contributed by atoms with Crippen LogP contribution in [0.2, 0.25) is 0 Å². The number of nitrogens with zero attached hydrogens (tertiary/aromatic N) is 3. The van der Waals surface area contributed by atoms with Gasteiger partial charge in [0.15, 0.2) is 5.96 Å². The Kier molecular flexibility index (Phi) is 9.33. The van der Waals surface area contributed by atoms with Crippen LogP contribution in [0.5, 0.6) is 0 Å². The third-order valence-corrected chi connectivity index (χ3v) is 4.22. The first-order valence-electron chi connectivity index (χ1n) is 9.32. The lowest BCUT2D eigenvalue weighted by Gasteiger charge is -2.25. The molecule has 1 saturated heterocycles. The van der Waals surface area contributed by atoms with Crippen molar-refractivity contribution in [2.75, 3.05) is 66.1 Å². The predicted octanol–water partition coefficient (Wildman–Crippen LogP) is 1.01. The van der Waals surface area contributed by atoms with Gasteiger partial charge in [-0.05, 0) is 19.5 Å². The maximum atomic E-state index is 5.38. The number of hydrogen-bond donors (Lipinski definition) is 2. The largest absolute Gasteiger partial charge is 0.379 e. The van der Waals surface area contributed by atoms with E-state index < -0.39 is 0 Å². The van der Waals surface area contributed by atoms with E-state index in [9.17, 15) is 0 Å². The molecule has 1 fully saturated rings. The van der Waals surface area contributed by atoms with E-state index in [1.807, 2.05) is 0 Å². The number of guanidine groups is 1. The van der Waals surface area contributed by atoms with Gasteiger partial charge in [0.1, 0.15) is 0 Å². The second-order valence-corrected chi connectivity index (χ2v) is 6.36. The summed E-state index contributed by atoms with van der Waals surface area (Å²) in [5.74, 6) is 0.906. The van der Waals surface area contributed by atoms with E-state index in [0.717, 1.165) is 71.5 Å². The van der Waals surface area contributed by atoms with Crippen molar-refractivity contribution in [1.82, 2.24) is 20.4 Å². The van der Waals surface area contributed by atoms with Crippen LogP contribution in [-0.4, -0.2) is 81.8 Å². The lowest BCUT2D eigenvalue weighted by atomic mass is 10.2. The maximum Gasteiger partial charge on any atom is 0.191 e. The van der Waals surface area contributed by atoms with Crippen molar-refractivity contribution in [2.45, 2.75) is 13.5 Å². The highest BCUT2D eigenvalue weighted by Crippen LogP contribution is 2.01. The number of morpholine rings is 1. The van der Waals surface area contributed by atoms with Gasteiger partial charge in [-0.1, -0.05) is 30.3 Å². The summed E-state index contributed by atoms with van der Waals surface area (Å²) < 4.78 is 5.38. The molecular formula is C19H33N5O. The van der Waals surface area contributed by atoms with Crippen LogP contribution in [0.3, 0.4) is 0 Å². The second-order valence-electron chi connectivity index (χ2n) is 6.36. The minimum Gasteiger partial charge on any atom is -0.379 e. The molecule has 2 rings (SSSR count). The van der Waals surface area contributed by atoms with Crippen LogP contribution >= 0.6 is 0 Å². The zero-order valence-electron chi connectivity index (χ0n) is 15.7. The van der Waals surface area contributed by atoms with Crippen LogP contribution < -0.4 is 10.6 Å². The third kappa shape index (κ3) is 8.34. The quantitative estimate of drug-likeness (QED) is 0.516. The van der Waals surface area contributed by atoms with Crippen molar-refractivity contribution in [3.63, 3.8) is 0 Å². The van der Waals surface area contributed by atoms with Gasteiger partial charge in [-0.25, -0.2) is 0 Å². The highest BCUT2D eigenvalue weighted by molar-refractivity contribution is 5.79. The molecule has 0 atom stereocenters. The highest BCUT2D eigenvalue weighted by atomic mass is 16.5. The van der Waals surface area contributed by atoms with Gasteiger partial charge in [0.2, 0.25) is 0 Å². The molecule has 0 radical (unpaired) electrons. The van der Waals surface area contributed by atoms with Gasteiger partial charge in [0.05, 0.1) is 19.8 Å². The van der Waals surface area contributed by atoms with Gasteiger partial charge in [-0.2, -0.15) is 0 Å². The van der Waals surface area contributed by atoms with Crippen LogP contribution in [-0.2, 0) is 11.3 Å². The lowest BCUT2D eigenvalue weighted by Crippen LogP contribution is -2.42. The number of hydrogen-bond acceptors (Lipinski definition) is 4. The SMILES string of the molecule is CCNC(=NCCN1CCOCC1)NCCN(C)Cc1ccccc1. The van der Waals surface area contributed by atoms with Crippen LogP contribution in [0, 0.1) is 0 Å². The number of nitrogens with one attached hydrogen (secondary N) is 2. The maximum absolute atomic E-state index is 5.38. The molecule has 1 aromatic rings. The number of ether oxygens (including phenoxy) is 1. The Bertz CT molecular complexity index is 488. The van der Waals surface area contributed by atoms with E-state index in [4.69, 9.17) is 4.74 Å². The fraction of sp³-hybridized carbons (Fsp3) is 0.632. The van der Waals surface area contributed by atoms with E-state index in [0.29, 0.717) is 0 Å². The topological polar surface area (TPSA) is 52.1 Å². The summed E-state index contributed by atoms with van der Waals surface area (Å²) in [5.41, 5.74) is 1.34. The van der Waals surface area contributed by atoms with Gasteiger partial charge in [0.25, 0.3) is 0 Å². The van der Waals surface area contributed by atoms with Crippen molar-refractivity contribution >= 4 is 5.96 Å². The molecule has 1 aliphatic heterocycles. The minimum absolute atomic E-state index is 0.815. The van der Waals surface area contributed by atoms with E-state index >= 15 is 0 Å². The normalized spacial score (nSPS) is 16.2. The third-order valence-electron chi connectivity index (χ3n) is 4.22. The highest BCUT2D eigenvalue weighted by Gasteiger charge is 2.09. The summed E-state index contributed by atoms with van der Waals surface area (Å²) in [6.07, 6.45) is 0. The summed E-state index contributed by atoms with van der Waals surface area (Å²) in [5, 5.41) is 6.75. The van der Waals surface area contributed by atoms with Crippen molar-refractivity contribution in [1.29, 1.82) is 0 Å². The van der Waals surface area contributed by atoms with Crippen LogP contribution in [0.1, 0.15) is 12.5 Å². The van der Waals surface area contributed by atoms with Gasteiger partial charge < -0.3 is 20.3 Å². The monoisotopic (exact) mass is 347 g/mol. The van der Waals surface area contributed by atoms with Crippen molar-refractivity contribution in [2.24, 2.45) is 4.99 Å². The first kappa shape index (κ1) is 19.7. The molecule has 1 aliphatic rings. The molecule has 2 N–H and O–H groups in total. The van der Waals surface area contributed by atoms with E-state index in [2.05, 4.69) is 69.7 Å². The molecule has 1 aromatic carbocycles. The molecule has 6 nitrogen and oxygen atoms in total. The number of aliphatic imine (C=N–C) groups is 1. The van der Waals surface area contributed by atoms with Crippen molar-refractivity contribution in [3.05, 3.63) is 35.9 Å². The van der Waals surface area contributed by atoms with Crippen LogP contribution in [0.25, 0.3) is 0 Å². The summed E-state index contributed by atoms with van der Waals surface area (Å²) in [4.78, 5) is 9.41. The smallest absolute Gasteiger partial charge is 0.191 e. The predicted molar refractivity (Wildman–Crippen MR) is 104 cm³/mol. The van der Waals surface area contributed by atoms with Gasteiger partial charge in [-0.15, -0.1) is 0 Å². The van der Waals surface area contributed by atoms with E-state index in [1.165, 1.54) is 5.56 Å². The molecule has 6 heteroatoms. The number of likely N-dealkylation sites (N-methyl/N-ethyl adjacent to an activating group) is 1. The number of benzene rings is 1. The molecule has 0 aromatic heterocycles. The molecule has 0 bridgehead atoms. The Balaban J connectivity index is 1.66. The molecule has 0 aliphatic carbocycles. The Morgan fingerprint density at radius 3 is 2.68 bits per heavy atom. The molecule has 0 spiro atoms. The Morgan fingerprint density at radius 1 is 1.20 bits per heavy atom. The standard InChI is InChI=1S/C19H33N5O/c1-3-20-19(22-10-12-24-13-15-25-16-14-24)21-9-11-23(2)17-18-7-5-4-6-8-18/h4-8H,3,9-17H2,1-2H3,(H2,20,21,22). The zero-order chi connectivity index (χ0) is 17.7. The Labute approximate surface area is 152 Å². The Hall–Kier alpha value is -1.63. The van der Waals surface area contributed by atoms with Gasteiger partial charge >= 0.3 is 0 Å². The average Bonchev–Trinajstić information content (AvgIpc) is 2.63. The van der Waals surface area contributed by atoms with Gasteiger partial charge in [-0.3, -0.25) is 9.89 Å². The Morgan fingerprint density at radius 2 is 1.96 bits per heavy atom. The fourth-order valence-corrected chi connectivity index (χ4v) is 2.81. The number of rotatable bonds is 9. The lowest BCUT2D eigenvalue weighted by molar-refractivity contribution is 0.0394. The summed E-state index contributed by atoms with van der Waals surface area (Å²) >= 11 is 0. The second kappa shape index (κ2) is 11.8. The van der Waals surface area contributed by atoms with Crippen LogP contribution in [0.15, 0.2) is 35.3 Å². The van der Waals surface area contributed by atoms with E-state index in [1.54, 1.807) is 0 Å². The summed E-state index contributed by atoms with van der Waals surface area (Å²) in [7, 11) is 2.15. The first-order chi connectivity index (χ1) is 12.3. The van der Waals surface area contributed by atoms with Gasteiger partial charge in [0, 0.05) is 45.8 Å². The molecule has 140 valence electrons. The van der Waals surface area contributed by atoms with Crippen molar-refractivity contribution in [3.8, 4) is 0 Å². The fourth-order valence-electron chi connectivity index (χ4n) is 2.81. The van der Waals surface area contributed by atoms with E-state index in [-0.39, 0.29) is 0 Å². The minimum atomic E-state index is 0.815. The molecule has 0 unspecified atom stereocenters. The zero-order valence-corrected chi connectivity index (χ0v) is 15.7. The molecule has 0 saturated carbocycles. The van der Waals surface area contributed by atoms with Crippen LogP contribution in [0.4, 0.5) is 0 Å². The summed E-state index contributed by atoms with van der Waals surface area (Å²) in [6, 6.07) is 10.6.